The largest absolute Gasteiger partial charge is 0.369 e. The molecule has 0 radical (unpaired) electrons. The Labute approximate surface area is 97.1 Å². The van der Waals surface area contributed by atoms with Gasteiger partial charge in [-0.15, -0.1) is 0 Å². The fourth-order valence-electron chi connectivity index (χ4n) is 2.17. The van der Waals surface area contributed by atoms with Crippen LogP contribution < -0.4 is 10.2 Å². The van der Waals surface area contributed by atoms with Crippen LogP contribution in [0.5, 0.6) is 0 Å². The summed E-state index contributed by atoms with van der Waals surface area (Å²) in [4.78, 5) is 10.5. The molecule has 1 aromatic heterocycles. The molecule has 1 unspecified atom stereocenters. The van der Waals surface area contributed by atoms with E-state index < -0.39 is 0 Å². The van der Waals surface area contributed by atoms with Gasteiger partial charge in [0.15, 0.2) is 0 Å². The number of rotatable bonds is 5. The lowest BCUT2D eigenvalue weighted by molar-refractivity contribution is 0.516. The van der Waals surface area contributed by atoms with Crippen molar-refractivity contribution in [1.82, 2.24) is 15.3 Å². The van der Waals surface area contributed by atoms with Crippen LogP contribution in [0.3, 0.4) is 0 Å². The molecule has 0 saturated carbocycles. The second-order valence-corrected chi connectivity index (χ2v) is 4.40. The van der Waals surface area contributed by atoms with Crippen LogP contribution in [0.2, 0.25) is 0 Å². The molecule has 2 rings (SSSR count). The molecule has 0 spiro atoms. The third-order valence-electron chi connectivity index (χ3n) is 3.06. The Balaban J connectivity index is 1.79. The number of nitrogens with zero attached hydrogens (tertiary/aromatic N) is 3. The lowest BCUT2D eigenvalue weighted by Gasteiger charge is -2.17. The Kier molecular flexibility index (Phi) is 4.10. The number of nitrogens with one attached hydrogen (secondary N) is 1. The molecule has 1 aliphatic rings. The van der Waals surface area contributed by atoms with Gasteiger partial charge in [-0.1, -0.05) is 6.92 Å². The first kappa shape index (κ1) is 11.3. The van der Waals surface area contributed by atoms with Gasteiger partial charge in [-0.25, -0.2) is 9.97 Å². The summed E-state index contributed by atoms with van der Waals surface area (Å²) in [7, 11) is 0. The average Bonchev–Trinajstić information content (AvgIpc) is 2.79. The van der Waals surface area contributed by atoms with Gasteiger partial charge >= 0.3 is 0 Å². The minimum atomic E-state index is 0.770. The Morgan fingerprint density at radius 3 is 3.00 bits per heavy atom. The monoisotopic (exact) mass is 220 g/mol. The summed E-state index contributed by atoms with van der Waals surface area (Å²) in [6.45, 7) is 6.73. The predicted octanol–water partition coefficient (Wildman–Crippen LogP) is 1.30. The van der Waals surface area contributed by atoms with E-state index in [2.05, 4.69) is 27.1 Å². The zero-order valence-electron chi connectivity index (χ0n) is 9.89. The van der Waals surface area contributed by atoms with E-state index in [4.69, 9.17) is 0 Å². The molecule has 1 aromatic rings. The standard InChI is InChI=1S/C12H20N4/c1-2-4-13-6-11-3-5-16(9-11)12-7-14-10-15-8-12/h7-8,10-11,13H,2-6,9H2,1H3. The van der Waals surface area contributed by atoms with Crippen molar-refractivity contribution in [2.24, 2.45) is 5.92 Å². The van der Waals surface area contributed by atoms with E-state index >= 15 is 0 Å². The van der Waals surface area contributed by atoms with E-state index in [0.29, 0.717) is 0 Å². The summed E-state index contributed by atoms with van der Waals surface area (Å²) in [5.74, 6) is 0.770. The van der Waals surface area contributed by atoms with Crippen molar-refractivity contribution >= 4 is 5.69 Å². The molecule has 4 nitrogen and oxygen atoms in total. The number of hydrogen-bond donors (Lipinski definition) is 1. The minimum Gasteiger partial charge on any atom is -0.369 e. The van der Waals surface area contributed by atoms with Gasteiger partial charge in [0.25, 0.3) is 0 Å². The van der Waals surface area contributed by atoms with Crippen LogP contribution in [0.4, 0.5) is 5.69 Å². The molecule has 1 fully saturated rings. The predicted molar refractivity (Wildman–Crippen MR) is 65.5 cm³/mol. The normalized spacial score (nSPS) is 20.3. The van der Waals surface area contributed by atoms with Crippen LogP contribution in [0.15, 0.2) is 18.7 Å². The molecule has 16 heavy (non-hydrogen) atoms. The van der Waals surface area contributed by atoms with Crippen LogP contribution >= 0.6 is 0 Å². The summed E-state index contributed by atoms with van der Waals surface area (Å²) in [5.41, 5.74) is 1.15. The zero-order chi connectivity index (χ0) is 11.2. The second kappa shape index (κ2) is 5.80. The van der Waals surface area contributed by atoms with Crippen molar-refractivity contribution in [2.75, 3.05) is 31.1 Å². The van der Waals surface area contributed by atoms with Crippen LogP contribution in [0, 0.1) is 5.92 Å². The highest BCUT2D eigenvalue weighted by molar-refractivity contribution is 5.42. The smallest absolute Gasteiger partial charge is 0.115 e. The molecule has 1 saturated heterocycles. The molecule has 0 aromatic carbocycles. The van der Waals surface area contributed by atoms with Crippen molar-refractivity contribution in [3.8, 4) is 0 Å². The maximum absolute atomic E-state index is 4.06. The highest BCUT2D eigenvalue weighted by Crippen LogP contribution is 2.21. The van der Waals surface area contributed by atoms with Gasteiger partial charge in [-0.2, -0.15) is 0 Å². The number of hydrogen-bond acceptors (Lipinski definition) is 4. The number of aromatic nitrogens is 2. The topological polar surface area (TPSA) is 41.0 Å². The molecule has 0 aliphatic carbocycles. The summed E-state index contributed by atoms with van der Waals surface area (Å²) < 4.78 is 0. The Morgan fingerprint density at radius 1 is 1.44 bits per heavy atom. The molecule has 2 heterocycles. The van der Waals surface area contributed by atoms with Crippen LogP contribution in [0.25, 0.3) is 0 Å². The maximum atomic E-state index is 4.06. The van der Waals surface area contributed by atoms with E-state index in [9.17, 15) is 0 Å². The summed E-state index contributed by atoms with van der Waals surface area (Å²) in [5, 5.41) is 3.49. The first-order valence-electron chi connectivity index (χ1n) is 6.11. The van der Waals surface area contributed by atoms with Gasteiger partial charge in [0, 0.05) is 13.1 Å². The Bertz CT molecular complexity index is 301. The highest BCUT2D eigenvalue weighted by Gasteiger charge is 2.22. The van der Waals surface area contributed by atoms with Gasteiger partial charge in [0.1, 0.15) is 6.33 Å². The maximum Gasteiger partial charge on any atom is 0.115 e. The molecular formula is C12H20N4. The highest BCUT2D eigenvalue weighted by atomic mass is 15.2. The van der Waals surface area contributed by atoms with Crippen molar-refractivity contribution < 1.29 is 0 Å². The molecule has 0 bridgehead atoms. The van der Waals surface area contributed by atoms with E-state index in [1.807, 2.05) is 12.4 Å². The zero-order valence-corrected chi connectivity index (χ0v) is 9.89. The van der Waals surface area contributed by atoms with Crippen molar-refractivity contribution in [3.63, 3.8) is 0 Å². The third-order valence-corrected chi connectivity index (χ3v) is 3.06. The molecule has 1 atom stereocenters. The van der Waals surface area contributed by atoms with E-state index in [0.717, 1.165) is 37.8 Å². The van der Waals surface area contributed by atoms with Crippen LogP contribution in [0.1, 0.15) is 19.8 Å². The fraction of sp³-hybridized carbons (Fsp3) is 0.667. The van der Waals surface area contributed by atoms with Gasteiger partial charge in [0.05, 0.1) is 18.1 Å². The van der Waals surface area contributed by atoms with Gasteiger partial charge < -0.3 is 10.2 Å². The first-order chi connectivity index (χ1) is 7.90. The lowest BCUT2D eigenvalue weighted by atomic mass is 10.1. The van der Waals surface area contributed by atoms with Crippen LogP contribution in [-0.2, 0) is 0 Å². The summed E-state index contributed by atoms with van der Waals surface area (Å²) >= 11 is 0. The van der Waals surface area contributed by atoms with Crippen molar-refractivity contribution in [2.45, 2.75) is 19.8 Å². The molecule has 88 valence electrons. The van der Waals surface area contributed by atoms with E-state index in [-0.39, 0.29) is 0 Å². The second-order valence-electron chi connectivity index (χ2n) is 4.40. The van der Waals surface area contributed by atoms with E-state index in [1.165, 1.54) is 12.8 Å². The Morgan fingerprint density at radius 2 is 2.25 bits per heavy atom. The minimum absolute atomic E-state index is 0.770. The molecule has 0 amide bonds. The summed E-state index contributed by atoms with van der Waals surface area (Å²) in [6.07, 6.45) is 7.86. The van der Waals surface area contributed by atoms with Gasteiger partial charge in [-0.05, 0) is 31.8 Å². The fourth-order valence-corrected chi connectivity index (χ4v) is 2.17. The Hall–Kier alpha value is -1.16. The quantitative estimate of drug-likeness (QED) is 0.759. The number of anilines is 1. The lowest BCUT2D eigenvalue weighted by Crippen LogP contribution is -2.26. The van der Waals surface area contributed by atoms with Crippen molar-refractivity contribution in [1.29, 1.82) is 0 Å². The van der Waals surface area contributed by atoms with E-state index in [1.54, 1.807) is 6.33 Å². The van der Waals surface area contributed by atoms with Crippen LogP contribution in [-0.4, -0.2) is 36.1 Å². The SMILES string of the molecule is CCCNCC1CCN(c2cncnc2)C1. The molecule has 4 heteroatoms. The van der Waals surface area contributed by atoms with Gasteiger partial charge in [0.2, 0.25) is 0 Å². The average molecular weight is 220 g/mol. The van der Waals surface area contributed by atoms with Crippen molar-refractivity contribution in [3.05, 3.63) is 18.7 Å². The third kappa shape index (κ3) is 2.92. The molecule has 1 aliphatic heterocycles. The first-order valence-corrected chi connectivity index (χ1v) is 6.11. The summed E-state index contributed by atoms with van der Waals surface area (Å²) in [6, 6.07) is 0. The van der Waals surface area contributed by atoms with Gasteiger partial charge in [-0.3, -0.25) is 0 Å². The molecular weight excluding hydrogens is 200 g/mol. The molecule has 1 N–H and O–H groups in total.